The zero-order valence-electron chi connectivity index (χ0n) is 9.93. The summed E-state index contributed by atoms with van der Waals surface area (Å²) in [6.45, 7) is 0. The fraction of sp³-hybridized carbons (Fsp3) is 0.308. The largest absolute Gasteiger partial charge is 0.291 e. The van der Waals surface area contributed by atoms with Crippen LogP contribution in [-0.4, -0.2) is 18.5 Å². The molecule has 0 heterocycles. The number of halogens is 1. The van der Waals surface area contributed by atoms with E-state index in [1.54, 1.807) is 31.3 Å². The lowest BCUT2D eigenvalue weighted by Crippen LogP contribution is -2.20. The van der Waals surface area contributed by atoms with E-state index in [4.69, 9.17) is 16.9 Å². The second kappa shape index (κ2) is 5.19. The molecule has 18 heavy (non-hydrogen) atoms. The van der Waals surface area contributed by atoms with E-state index in [-0.39, 0.29) is 17.4 Å². The van der Waals surface area contributed by atoms with Crippen molar-refractivity contribution in [3.05, 3.63) is 29.3 Å². The van der Waals surface area contributed by atoms with Crippen molar-refractivity contribution in [1.29, 1.82) is 5.26 Å². The number of carbonyl (C=O) groups excluding carboxylic acids is 1. The van der Waals surface area contributed by atoms with Gasteiger partial charge in [0.25, 0.3) is 0 Å². The van der Waals surface area contributed by atoms with Gasteiger partial charge in [-0.1, -0.05) is 11.6 Å². The molecule has 1 saturated carbocycles. The summed E-state index contributed by atoms with van der Waals surface area (Å²) in [6.07, 6.45) is 1.73. The topological polar surface area (TPSA) is 56.5 Å². The lowest BCUT2D eigenvalue weighted by Gasteiger charge is -2.13. The fourth-order valence-corrected chi connectivity index (χ4v) is 1.66. The Morgan fingerprint density at radius 3 is 2.56 bits per heavy atom. The Morgan fingerprint density at radius 1 is 1.44 bits per heavy atom. The number of hydrogen-bond acceptors (Lipinski definition) is 4. The number of Topliss-reactive ketones (excluding diaryl/α,β-unsaturated/α-hetero) is 1. The van der Waals surface area contributed by atoms with E-state index < -0.39 is 0 Å². The molecule has 0 spiro atoms. The minimum Gasteiger partial charge on any atom is -0.291 e. The van der Waals surface area contributed by atoms with Crippen LogP contribution in [0.15, 0.2) is 29.4 Å². The number of carbonyl (C=O) groups is 1. The van der Waals surface area contributed by atoms with E-state index in [9.17, 15) is 4.79 Å². The van der Waals surface area contributed by atoms with E-state index in [0.29, 0.717) is 5.02 Å². The Bertz CT molecular complexity index is 526. The van der Waals surface area contributed by atoms with Crippen molar-refractivity contribution in [2.24, 2.45) is 11.0 Å². The van der Waals surface area contributed by atoms with Crippen LogP contribution < -0.4 is 5.01 Å². The SMILES string of the molecule is CN(N=C(C#N)C(=O)C1CC1)c1ccc(Cl)cc1. The molecule has 1 aromatic rings. The molecule has 0 bridgehead atoms. The van der Waals surface area contributed by atoms with Crippen LogP contribution in [0.3, 0.4) is 0 Å². The highest BCUT2D eigenvalue weighted by atomic mass is 35.5. The van der Waals surface area contributed by atoms with Gasteiger partial charge in [-0.3, -0.25) is 9.80 Å². The molecule has 2 rings (SSSR count). The minimum absolute atomic E-state index is 0.00187. The summed E-state index contributed by atoms with van der Waals surface area (Å²) >= 11 is 5.79. The highest BCUT2D eigenvalue weighted by molar-refractivity contribution is 6.47. The van der Waals surface area contributed by atoms with Crippen LogP contribution in [0.5, 0.6) is 0 Å². The third-order valence-corrected chi connectivity index (χ3v) is 2.99. The van der Waals surface area contributed by atoms with Gasteiger partial charge in [-0.05, 0) is 37.1 Å². The summed E-state index contributed by atoms with van der Waals surface area (Å²) in [6, 6.07) is 8.90. The summed E-state index contributed by atoms with van der Waals surface area (Å²) in [5, 5.41) is 15.2. The predicted octanol–water partition coefficient (Wildman–Crippen LogP) is 2.63. The maximum absolute atomic E-state index is 11.8. The number of hydrazone groups is 1. The van der Waals surface area contributed by atoms with Gasteiger partial charge in [-0.25, -0.2) is 0 Å². The maximum atomic E-state index is 11.8. The summed E-state index contributed by atoms with van der Waals surface area (Å²) in [4.78, 5) is 11.8. The number of anilines is 1. The lowest BCUT2D eigenvalue weighted by molar-refractivity contribution is -0.113. The second-order valence-electron chi connectivity index (χ2n) is 4.20. The molecule has 0 saturated heterocycles. The van der Waals surface area contributed by atoms with Gasteiger partial charge in [0, 0.05) is 18.0 Å². The Labute approximate surface area is 110 Å². The number of ketones is 1. The fourth-order valence-electron chi connectivity index (χ4n) is 1.53. The summed E-state index contributed by atoms with van der Waals surface area (Å²) < 4.78 is 0. The van der Waals surface area contributed by atoms with E-state index in [1.807, 2.05) is 6.07 Å². The molecule has 0 aromatic heterocycles. The predicted molar refractivity (Wildman–Crippen MR) is 70.6 cm³/mol. The maximum Gasteiger partial charge on any atom is 0.204 e. The van der Waals surface area contributed by atoms with Crippen LogP contribution in [0.4, 0.5) is 5.69 Å². The van der Waals surface area contributed by atoms with Gasteiger partial charge in [-0.15, -0.1) is 0 Å². The Hall–Kier alpha value is -1.86. The minimum atomic E-state index is -0.154. The molecule has 4 nitrogen and oxygen atoms in total. The first-order valence-corrected chi connectivity index (χ1v) is 6.02. The number of nitriles is 1. The number of nitrogens with zero attached hydrogens (tertiary/aromatic N) is 3. The Kier molecular flexibility index (Phi) is 3.63. The highest BCUT2D eigenvalue weighted by Gasteiger charge is 2.33. The molecular weight excluding hydrogens is 250 g/mol. The first-order valence-electron chi connectivity index (χ1n) is 5.64. The normalized spacial score (nSPS) is 15.1. The van der Waals surface area contributed by atoms with Crippen molar-refractivity contribution >= 4 is 28.8 Å². The first-order chi connectivity index (χ1) is 8.61. The second-order valence-corrected chi connectivity index (χ2v) is 4.64. The number of rotatable bonds is 4. The molecule has 0 amide bonds. The average Bonchev–Trinajstić information content (AvgIpc) is 3.20. The van der Waals surface area contributed by atoms with Gasteiger partial charge in [0.1, 0.15) is 6.07 Å². The van der Waals surface area contributed by atoms with Crippen LogP contribution in [0.2, 0.25) is 5.02 Å². The monoisotopic (exact) mass is 261 g/mol. The lowest BCUT2D eigenvalue weighted by atomic mass is 10.2. The van der Waals surface area contributed by atoms with Crippen molar-refractivity contribution in [2.45, 2.75) is 12.8 Å². The summed E-state index contributed by atoms with van der Waals surface area (Å²) in [5.74, 6) is -0.152. The molecule has 1 aliphatic carbocycles. The average molecular weight is 262 g/mol. The number of benzene rings is 1. The standard InChI is InChI=1S/C13H12ClN3O/c1-17(11-6-4-10(14)5-7-11)16-12(8-15)13(18)9-2-3-9/h4-7,9H,2-3H2,1H3. The first kappa shape index (κ1) is 12.6. The molecule has 1 aromatic carbocycles. The van der Waals surface area contributed by atoms with Crippen LogP contribution in [0.25, 0.3) is 0 Å². The van der Waals surface area contributed by atoms with Crippen molar-refractivity contribution in [3.63, 3.8) is 0 Å². The molecule has 0 aliphatic heterocycles. The van der Waals surface area contributed by atoms with Gasteiger partial charge in [0.2, 0.25) is 5.71 Å². The van der Waals surface area contributed by atoms with E-state index in [1.165, 1.54) is 5.01 Å². The molecule has 1 aliphatic rings. The van der Waals surface area contributed by atoms with E-state index in [0.717, 1.165) is 18.5 Å². The van der Waals surface area contributed by atoms with Crippen molar-refractivity contribution in [2.75, 3.05) is 12.1 Å². The zero-order chi connectivity index (χ0) is 13.1. The van der Waals surface area contributed by atoms with Crippen LogP contribution in [0.1, 0.15) is 12.8 Å². The number of hydrogen-bond donors (Lipinski definition) is 0. The zero-order valence-corrected chi connectivity index (χ0v) is 10.7. The van der Waals surface area contributed by atoms with Gasteiger partial charge in [-0.2, -0.15) is 10.4 Å². The van der Waals surface area contributed by atoms with Gasteiger partial charge < -0.3 is 0 Å². The summed E-state index contributed by atoms with van der Waals surface area (Å²) in [7, 11) is 1.70. The van der Waals surface area contributed by atoms with Gasteiger partial charge >= 0.3 is 0 Å². The van der Waals surface area contributed by atoms with E-state index in [2.05, 4.69) is 5.10 Å². The Balaban J connectivity index is 2.17. The molecule has 92 valence electrons. The van der Waals surface area contributed by atoms with Gasteiger partial charge in [0.05, 0.1) is 5.69 Å². The van der Waals surface area contributed by atoms with Crippen LogP contribution >= 0.6 is 11.6 Å². The van der Waals surface area contributed by atoms with E-state index >= 15 is 0 Å². The highest BCUT2D eigenvalue weighted by Crippen LogP contribution is 2.30. The molecule has 0 N–H and O–H groups in total. The van der Waals surface area contributed by atoms with Crippen molar-refractivity contribution in [3.8, 4) is 6.07 Å². The molecule has 5 heteroatoms. The van der Waals surface area contributed by atoms with Gasteiger partial charge in [0.15, 0.2) is 5.78 Å². The summed E-state index contributed by atoms with van der Waals surface area (Å²) in [5.41, 5.74) is 0.741. The molecule has 0 atom stereocenters. The third-order valence-electron chi connectivity index (χ3n) is 2.74. The Morgan fingerprint density at radius 2 is 2.06 bits per heavy atom. The van der Waals surface area contributed by atoms with Crippen LogP contribution in [0, 0.1) is 17.2 Å². The molecular formula is C13H12ClN3O. The third kappa shape index (κ3) is 2.88. The van der Waals surface area contributed by atoms with Crippen molar-refractivity contribution in [1.82, 2.24) is 0 Å². The smallest absolute Gasteiger partial charge is 0.204 e. The molecule has 0 radical (unpaired) electrons. The van der Waals surface area contributed by atoms with Crippen molar-refractivity contribution < 1.29 is 4.79 Å². The van der Waals surface area contributed by atoms with Crippen LogP contribution in [-0.2, 0) is 4.79 Å². The molecule has 0 unspecified atom stereocenters. The molecule has 1 fully saturated rings. The quantitative estimate of drug-likeness (QED) is 0.618.